The molecule has 1 amide bonds. The van der Waals surface area contributed by atoms with Crippen molar-refractivity contribution in [1.29, 1.82) is 0 Å². The number of nitrogens with zero attached hydrogens (tertiary/aromatic N) is 1. The number of nitrogens with one attached hydrogen (secondary N) is 2. The Morgan fingerprint density at radius 2 is 2.09 bits per heavy atom. The van der Waals surface area contributed by atoms with Gasteiger partial charge in [-0.3, -0.25) is 9.59 Å². The van der Waals surface area contributed by atoms with Crippen molar-refractivity contribution in [2.75, 3.05) is 5.75 Å². The molecule has 0 aliphatic heterocycles. The average molecular weight is 349 g/mol. The van der Waals surface area contributed by atoms with Crippen molar-refractivity contribution in [2.45, 2.75) is 11.7 Å². The summed E-state index contributed by atoms with van der Waals surface area (Å²) in [5.74, 6) is -0.360. The summed E-state index contributed by atoms with van der Waals surface area (Å²) in [4.78, 5) is 30.6. The van der Waals surface area contributed by atoms with Gasteiger partial charge in [-0.1, -0.05) is 23.9 Å². The van der Waals surface area contributed by atoms with Crippen LogP contribution >= 0.6 is 23.1 Å². The zero-order chi connectivity index (χ0) is 16.2. The lowest BCUT2D eigenvalue weighted by Gasteiger charge is -2.05. The molecular formula is C15H12FN3O2S2. The minimum atomic E-state index is -0.311. The van der Waals surface area contributed by atoms with E-state index in [-0.39, 0.29) is 23.0 Å². The zero-order valence-electron chi connectivity index (χ0n) is 11.8. The summed E-state index contributed by atoms with van der Waals surface area (Å²) in [7, 11) is 0. The number of thioether (sulfide) groups is 1. The first-order chi connectivity index (χ1) is 11.1. The summed E-state index contributed by atoms with van der Waals surface area (Å²) in [6, 6.07) is 7.70. The van der Waals surface area contributed by atoms with Crippen molar-refractivity contribution in [2.24, 2.45) is 0 Å². The summed E-state index contributed by atoms with van der Waals surface area (Å²) in [5, 5.41) is 4.95. The highest BCUT2D eigenvalue weighted by molar-refractivity contribution is 7.99. The summed E-state index contributed by atoms with van der Waals surface area (Å²) in [6.07, 6.45) is 0. The second kappa shape index (κ2) is 6.93. The van der Waals surface area contributed by atoms with Gasteiger partial charge in [0.25, 0.3) is 5.56 Å². The topological polar surface area (TPSA) is 74.8 Å². The first-order valence-electron chi connectivity index (χ1n) is 6.73. The molecule has 0 fully saturated rings. The number of aromatic amines is 1. The molecule has 0 aliphatic carbocycles. The molecule has 0 unspecified atom stereocenters. The Labute approximate surface area is 139 Å². The van der Waals surface area contributed by atoms with Gasteiger partial charge < -0.3 is 10.3 Å². The van der Waals surface area contributed by atoms with Crippen LogP contribution in [0.3, 0.4) is 0 Å². The minimum Gasteiger partial charge on any atom is -0.351 e. The lowest BCUT2D eigenvalue weighted by atomic mass is 10.2. The van der Waals surface area contributed by atoms with E-state index in [4.69, 9.17) is 0 Å². The molecule has 2 N–H and O–H groups in total. The third kappa shape index (κ3) is 3.96. The first-order valence-corrected chi connectivity index (χ1v) is 8.60. The zero-order valence-corrected chi connectivity index (χ0v) is 13.5. The van der Waals surface area contributed by atoms with E-state index in [1.807, 2.05) is 0 Å². The van der Waals surface area contributed by atoms with E-state index in [0.29, 0.717) is 21.9 Å². The van der Waals surface area contributed by atoms with Crippen molar-refractivity contribution in [3.63, 3.8) is 0 Å². The van der Waals surface area contributed by atoms with E-state index in [9.17, 15) is 14.0 Å². The largest absolute Gasteiger partial charge is 0.351 e. The van der Waals surface area contributed by atoms with Gasteiger partial charge in [-0.25, -0.2) is 9.37 Å². The van der Waals surface area contributed by atoms with Crippen molar-refractivity contribution in [1.82, 2.24) is 15.3 Å². The summed E-state index contributed by atoms with van der Waals surface area (Å²) >= 11 is 2.50. The SMILES string of the molecule is O=C(CSc1nc2ccsc2c(=O)[nH]1)NCc1ccc(F)cc1. The fourth-order valence-electron chi connectivity index (χ4n) is 1.91. The van der Waals surface area contributed by atoms with Crippen molar-refractivity contribution < 1.29 is 9.18 Å². The smallest absolute Gasteiger partial charge is 0.269 e. The molecule has 0 atom stereocenters. The highest BCUT2D eigenvalue weighted by Gasteiger charge is 2.08. The highest BCUT2D eigenvalue weighted by Crippen LogP contribution is 2.18. The molecule has 3 aromatic rings. The molecular weight excluding hydrogens is 337 g/mol. The van der Waals surface area contributed by atoms with Crippen LogP contribution in [-0.4, -0.2) is 21.6 Å². The van der Waals surface area contributed by atoms with Gasteiger partial charge >= 0.3 is 0 Å². The van der Waals surface area contributed by atoms with Crippen LogP contribution < -0.4 is 10.9 Å². The molecule has 1 aromatic carbocycles. The maximum Gasteiger partial charge on any atom is 0.269 e. The molecule has 5 nitrogen and oxygen atoms in total. The molecule has 0 saturated carbocycles. The molecule has 118 valence electrons. The van der Waals surface area contributed by atoms with Crippen LogP contribution in [0, 0.1) is 5.82 Å². The predicted molar refractivity (Wildman–Crippen MR) is 89.2 cm³/mol. The van der Waals surface area contributed by atoms with Gasteiger partial charge in [0.2, 0.25) is 5.91 Å². The number of hydrogen-bond acceptors (Lipinski definition) is 5. The molecule has 2 heterocycles. The number of thiophene rings is 1. The number of aromatic nitrogens is 2. The standard InChI is InChI=1S/C15H12FN3O2S2/c16-10-3-1-9(2-4-10)7-17-12(20)8-23-15-18-11-5-6-22-13(11)14(21)19-15/h1-6H,7-8H2,(H,17,20)(H,18,19,21). The monoisotopic (exact) mass is 349 g/mol. The van der Waals surface area contributed by atoms with Crippen LogP contribution in [0.4, 0.5) is 4.39 Å². The number of hydrogen-bond donors (Lipinski definition) is 2. The van der Waals surface area contributed by atoms with Gasteiger partial charge in [-0.15, -0.1) is 11.3 Å². The fraction of sp³-hybridized carbons (Fsp3) is 0.133. The second-order valence-electron chi connectivity index (χ2n) is 4.70. The average Bonchev–Trinajstić information content (AvgIpc) is 3.01. The van der Waals surface area contributed by atoms with Crippen molar-refractivity contribution in [3.05, 3.63) is 57.4 Å². The summed E-state index contributed by atoms with van der Waals surface area (Å²) in [6.45, 7) is 0.327. The Morgan fingerprint density at radius 1 is 1.30 bits per heavy atom. The molecule has 0 radical (unpaired) electrons. The van der Waals surface area contributed by atoms with Gasteiger partial charge in [0.05, 0.1) is 11.3 Å². The van der Waals surface area contributed by atoms with Crippen LogP contribution in [0.5, 0.6) is 0 Å². The Balaban J connectivity index is 1.55. The summed E-state index contributed by atoms with van der Waals surface area (Å²) < 4.78 is 13.4. The molecule has 0 bridgehead atoms. The fourth-order valence-corrected chi connectivity index (χ4v) is 3.33. The van der Waals surface area contributed by atoms with Gasteiger partial charge in [0.15, 0.2) is 5.16 Å². The molecule has 0 spiro atoms. The summed E-state index contributed by atoms with van der Waals surface area (Å²) in [5.41, 5.74) is 1.25. The van der Waals surface area contributed by atoms with Gasteiger partial charge in [0.1, 0.15) is 10.5 Å². The number of carbonyl (C=O) groups is 1. The van der Waals surface area contributed by atoms with Gasteiger partial charge in [0, 0.05) is 6.54 Å². The third-order valence-corrected chi connectivity index (χ3v) is 4.81. The Bertz CT molecular complexity index is 890. The number of fused-ring (bicyclic) bond motifs is 1. The first kappa shape index (κ1) is 15.7. The number of amides is 1. The molecule has 0 saturated heterocycles. The molecule has 3 rings (SSSR count). The maximum atomic E-state index is 12.8. The molecule has 23 heavy (non-hydrogen) atoms. The van der Waals surface area contributed by atoms with E-state index in [0.717, 1.165) is 17.3 Å². The minimum absolute atomic E-state index is 0.139. The molecule has 0 aliphatic rings. The Kier molecular flexibility index (Phi) is 4.73. The van der Waals surface area contributed by atoms with E-state index in [1.54, 1.807) is 23.6 Å². The van der Waals surface area contributed by atoms with Crippen molar-refractivity contribution >= 4 is 39.2 Å². The lowest BCUT2D eigenvalue weighted by Crippen LogP contribution is -2.24. The van der Waals surface area contributed by atoms with Crippen LogP contribution in [0.1, 0.15) is 5.56 Å². The normalized spacial score (nSPS) is 10.8. The number of halogens is 1. The third-order valence-electron chi connectivity index (χ3n) is 3.04. The number of benzene rings is 1. The highest BCUT2D eigenvalue weighted by atomic mass is 32.2. The van der Waals surface area contributed by atoms with Crippen molar-refractivity contribution in [3.8, 4) is 0 Å². The number of H-pyrrole nitrogens is 1. The molecule has 2 aromatic heterocycles. The lowest BCUT2D eigenvalue weighted by molar-refractivity contribution is -0.118. The van der Waals surface area contributed by atoms with Gasteiger partial charge in [-0.2, -0.15) is 0 Å². The second-order valence-corrected chi connectivity index (χ2v) is 6.58. The predicted octanol–water partition coefficient (Wildman–Crippen LogP) is 2.53. The Hall–Kier alpha value is -2.19. The van der Waals surface area contributed by atoms with Crippen LogP contribution in [0.15, 0.2) is 45.7 Å². The van der Waals surface area contributed by atoms with E-state index < -0.39 is 0 Å². The van der Waals surface area contributed by atoms with E-state index >= 15 is 0 Å². The molecule has 8 heteroatoms. The van der Waals surface area contributed by atoms with Gasteiger partial charge in [-0.05, 0) is 29.1 Å². The van der Waals surface area contributed by atoms with E-state index in [1.165, 1.54) is 23.5 Å². The van der Waals surface area contributed by atoms with Crippen LogP contribution in [-0.2, 0) is 11.3 Å². The number of rotatable bonds is 5. The maximum absolute atomic E-state index is 12.8. The number of carbonyl (C=O) groups excluding carboxylic acids is 1. The van der Waals surface area contributed by atoms with E-state index in [2.05, 4.69) is 15.3 Å². The van der Waals surface area contributed by atoms with Crippen LogP contribution in [0.25, 0.3) is 10.2 Å². The Morgan fingerprint density at radius 3 is 2.87 bits per heavy atom. The quantitative estimate of drug-likeness (QED) is 0.548. The van der Waals surface area contributed by atoms with Crippen LogP contribution in [0.2, 0.25) is 0 Å².